The fourth-order valence-electron chi connectivity index (χ4n) is 3.49. The van der Waals surface area contributed by atoms with Crippen molar-refractivity contribution in [3.05, 3.63) is 35.4 Å². The molecule has 0 aliphatic carbocycles. The summed E-state index contributed by atoms with van der Waals surface area (Å²) in [4.78, 5) is 33.1. The van der Waals surface area contributed by atoms with Crippen LogP contribution in [0.1, 0.15) is 61.3 Å². The molecule has 0 saturated carbocycles. The van der Waals surface area contributed by atoms with Gasteiger partial charge in [0.25, 0.3) is 11.8 Å². The molecule has 160 valence electrons. The van der Waals surface area contributed by atoms with E-state index in [9.17, 15) is 9.59 Å². The molecule has 0 bridgehead atoms. The van der Waals surface area contributed by atoms with Gasteiger partial charge in [0.1, 0.15) is 0 Å². The Morgan fingerprint density at radius 2 is 1.72 bits per heavy atom. The van der Waals surface area contributed by atoms with Crippen molar-refractivity contribution in [2.75, 3.05) is 39.3 Å². The zero-order valence-electron chi connectivity index (χ0n) is 18.2. The quantitative estimate of drug-likeness (QED) is 0.338. The van der Waals surface area contributed by atoms with Gasteiger partial charge in [-0.3, -0.25) is 19.5 Å². The first-order valence-electron chi connectivity index (χ1n) is 10.7. The molecule has 7 heteroatoms. The molecule has 1 aliphatic heterocycles. The third-order valence-electron chi connectivity index (χ3n) is 5.20. The lowest BCUT2D eigenvalue weighted by Gasteiger charge is -2.21. The molecular formula is C22H35N5O2. The van der Waals surface area contributed by atoms with E-state index in [1.165, 1.54) is 4.90 Å². The Hall–Kier alpha value is -2.41. The molecule has 1 heterocycles. The summed E-state index contributed by atoms with van der Waals surface area (Å²) in [7, 11) is 0. The van der Waals surface area contributed by atoms with Crippen LogP contribution in [0.15, 0.2) is 29.3 Å². The first kappa shape index (κ1) is 22.9. The second kappa shape index (κ2) is 11.6. The molecule has 0 fully saturated rings. The first-order chi connectivity index (χ1) is 14.0. The van der Waals surface area contributed by atoms with Gasteiger partial charge in [-0.2, -0.15) is 0 Å². The molecule has 2 N–H and O–H groups in total. The third kappa shape index (κ3) is 6.29. The third-order valence-corrected chi connectivity index (χ3v) is 5.20. The summed E-state index contributed by atoms with van der Waals surface area (Å²) in [6, 6.07) is 7.25. The largest absolute Gasteiger partial charge is 0.357 e. The molecule has 0 radical (unpaired) electrons. The number of benzene rings is 1. The number of carbonyl (C=O) groups excluding carboxylic acids is 2. The molecule has 1 aromatic carbocycles. The lowest BCUT2D eigenvalue weighted by atomic mass is 10.1. The number of guanidine groups is 1. The van der Waals surface area contributed by atoms with Crippen LogP contribution in [0.25, 0.3) is 0 Å². The second-order valence-electron chi connectivity index (χ2n) is 7.28. The highest BCUT2D eigenvalue weighted by Crippen LogP contribution is 2.21. The van der Waals surface area contributed by atoms with Crippen LogP contribution < -0.4 is 10.6 Å². The molecular weight excluding hydrogens is 366 g/mol. The normalized spacial score (nSPS) is 15.1. The Morgan fingerprint density at radius 3 is 2.28 bits per heavy atom. The predicted molar refractivity (Wildman–Crippen MR) is 117 cm³/mol. The van der Waals surface area contributed by atoms with Crippen LogP contribution in [0.5, 0.6) is 0 Å². The van der Waals surface area contributed by atoms with E-state index in [-0.39, 0.29) is 18.4 Å². The van der Waals surface area contributed by atoms with Crippen LogP contribution in [0.2, 0.25) is 0 Å². The summed E-state index contributed by atoms with van der Waals surface area (Å²) in [5, 5.41) is 6.66. The number of fused-ring (bicyclic) bond motifs is 1. The van der Waals surface area contributed by atoms with Crippen molar-refractivity contribution < 1.29 is 9.59 Å². The summed E-state index contributed by atoms with van der Waals surface area (Å²) in [6.07, 6.45) is 2.18. The maximum absolute atomic E-state index is 12.4. The van der Waals surface area contributed by atoms with Crippen LogP contribution >= 0.6 is 0 Å². The van der Waals surface area contributed by atoms with Gasteiger partial charge >= 0.3 is 0 Å². The molecule has 0 aromatic heterocycles. The average Bonchev–Trinajstić information content (AvgIpc) is 2.96. The van der Waals surface area contributed by atoms with Crippen molar-refractivity contribution in [1.29, 1.82) is 0 Å². The molecule has 0 spiro atoms. The number of imide groups is 1. The fourth-order valence-corrected chi connectivity index (χ4v) is 3.49. The molecule has 1 aromatic rings. The van der Waals surface area contributed by atoms with Crippen molar-refractivity contribution in [3.8, 4) is 0 Å². The summed E-state index contributed by atoms with van der Waals surface area (Å²) >= 11 is 0. The van der Waals surface area contributed by atoms with Crippen LogP contribution in [0.4, 0.5) is 0 Å². The van der Waals surface area contributed by atoms with Gasteiger partial charge < -0.3 is 15.5 Å². The summed E-state index contributed by atoms with van der Waals surface area (Å²) in [6.45, 7) is 13.2. The van der Waals surface area contributed by atoms with Crippen molar-refractivity contribution in [2.45, 2.75) is 46.6 Å². The van der Waals surface area contributed by atoms with Gasteiger partial charge in [0.2, 0.25) is 0 Å². The number of nitrogens with zero attached hydrogens (tertiary/aromatic N) is 3. The molecule has 1 aliphatic rings. The van der Waals surface area contributed by atoms with Crippen molar-refractivity contribution in [1.82, 2.24) is 20.4 Å². The van der Waals surface area contributed by atoms with E-state index in [1.54, 1.807) is 24.3 Å². The highest BCUT2D eigenvalue weighted by atomic mass is 16.2. The predicted octanol–water partition coefficient (Wildman–Crippen LogP) is 2.35. The van der Waals surface area contributed by atoms with Gasteiger partial charge in [0.15, 0.2) is 5.96 Å². The second-order valence-corrected chi connectivity index (χ2v) is 7.28. The van der Waals surface area contributed by atoms with E-state index in [1.807, 2.05) is 6.92 Å². The van der Waals surface area contributed by atoms with E-state index in [0.29, 0.717) is 23.7 Å². The monoisotopic (exact) mass is 401 g/mol. The zero-order valence-corrected chi connectivity index (χ0v) is 18.2. The van der Waals surface area contributed by atoms with Crippen molar-refractivity contribution in [3.63, 3.8) is 0 Å². The Balaban J connectivity index is 1.84. The minimum absolute atomic E-state index is 0.233. The summed E-state index contributed by atoms with van der Waals surface area (Å²) in [5.41, 5.74) is 0.960. The molecule has 0 saturated heterocycles. The Labute approximate surface area is 174 Å². The first-order valence-corrected chi connectivity index (χ1v) is 10.7. The summed E-state index contributed by atoms with van der Waals surface area (Å²) < 4.78 is 0. The topological polar surface area (TPSA) is 77.0 Å². The van der Waals surface area contributed by atoms with E-state index >= 15 is 0 Å². The molecule has 1 atom stereocenters. The fraction of sp³-hybridized carbons (Fsp3) is 0.591. The number of hydrogen-bond acceptors (Lipinski definition) is 4. The maximum atomic E-state index is 12.4. The highest BCUT2D eigenvalue weighted by molar-refractivity contribution is 6.21. The molecule has 2 amide bonds. The Kier molecular flexibility index (Phi) is 9.12. The van der Waals surface area contributed by atoms with Gasteiger partial charge in [-0.05, 0) is 58.5 Å². The summed E-state index contributed by atoms with van der Waals surface area (Å²) in [5.74, 6) is 0.256. The van der Waals surface area contributed by atoms with Crippen LogP contribution in [0, 0.1) is 0 Å². The standard InChI is InChI=1S/C22H35N5O2/c1-5-23-22(25-17(4)11-10-15-26(6-2)7-3)24-14-16-27-20(28)18-12-8-9-13-19(18)21(27)29/h8-9,12-13,17H,5-7,10-11,14-16H2,1-4H3,(H2,23,24,25). The van der Waals surface area contributed by atoms with E-state index in [0.717, 1.165) is 45.0 Å². The van der Waals surface area contributed by atoms with E-state index in [2.05, 4.69) is 41.3 Å². The average molecular weight is 402 g/mol. The lowest BCUT2D eigenvalue weighted by Crippen LogP contribution is -2.43. The Morgan fingerprint density at radius 1 is 1.10 bits per heavy atom. The van der Waals surface area contributed by atoms with Crippen LogP contribution in [-0.2, 0) is 0 Å². The molecule has 29 heavy (non-hydrogen) atoms. The van der Waals surface area contributed by atoms with Crippen molar-refractivity contribution >= 4 is 17.8 Å². The SMILES string of the molecule is CCNC(=NCCN1C(=O)c2ccccc2C1=O)NC(C)CCCN(CC)CC. The molecule has 2 rings (SSSR count). The minimum Gasteiger partial charge on any atom is -0.357 e. The maximum Gasteiger partial charge on any atom is 0.261 e. The number of amides is 2. The Bertz CT molecular complexity index is 680. The van der Waals surface area contributed by atoms with E-state index < -0.39 is 0 Å². The number of nitrogens with one attached hydrogen (secondary N) is 2. The highest BCUT2D eigenvalue weighted by Gasteiger charge is 2.34. The van der Waals surface area contributed by atoms with Crippen LogP contribution in [-0.4, -0.2) is 72.9 Å². The zero-order chi connectivity index (χ0) is 21.2. The number of rotatable bonds is 11. The van der Waals surface area contributed by atoms with Gasteiger partial charge in [0.05, 0.1) is 17.7 Å². The smallest absolute Gasteiger partial charge is 0.261 e. The minimum atomic E-state index is -0.233. The lowest BCUT2D eigenvalue weighted by molar-refractivity contribution is 0.0659. The number of aliphatic imine (C=N–C) groups is 1. The van der Waals surface area contributed by atoms with Crippen LogP contribution in [0.3, 0.4) is 0 Å². The van der Waals surface area contributed by atoms with Gasteiger partial charge in [0, 0.05) is 19.1 Å². The molecule has 1 unspecified atom stereocenters. The van der Waals surface area contributed by atoms with Crippen molar-refractivity contribution in [2.24, 2.45) is 4.99 Å². The molecule has 7 nitrogen and oxygen atoms in total. The van der Waals surface area contributed by atoms with E-state index in [4.69, 9.17) is 0 Å². The number of carbonyl (C=O) groups is 2. The van der Waals surface area contributed by atoms with Gasteiger partial charge in [-0.1, -0.05) is 26.0 Å². The van der Waals surface area contributed by atoms with Gasteiger partial charge in [-0.15, -0.1) is 0 Å². The van der Waals surface area contributed by atoms with Gasteiger partial charge in [-0.25, -0.2) is 0 Å². The number of hydrogen-bond donors (Lipinski definition) is 2.